The molecule has 7 heteroatoms. The molecule has 1 aliphatic carbocycles. The average molecular weight is 493 g/mol. The van der Waals surface area contributed by atoms with Crippen LogP contribution in [-0.2, 0) is 0 Å². The summed E-state index contributed by atoms with van der Waals surface area (Å²) in [5, 5.41) is 13.6. The lowest BCUT2D eigenvalue weighted by Crippen LogP contribution is -2.15. The van der Waals surface area contributed by atoms with Crippen molar-refractivity contribution >= 4 is 17.0 Å². The molecule has 0 aliphatic heterocycles. The number of carboxylic acid groups (broad SMARTS) is 1. The molecule has 1 saturated carbocycles. The van der Waals surface area contributed by atoms with Crippen LogP contribution in [-0.4, -0.2) is 31.2 Å². The van der Waals surface area contributed by atoms with Gasteiger partial charge < -0.3 is 14.6 Å². The first-order valence-electron chi connectivity index (χ1n) is 12.7. The van der Waals surface area contributed by atoms with Gasteiger partial charge in [-0.3, -0.25) is 9.97 Å². The summed E-state index contributed by atoms with van der Waals surface area (Å²) in [5.74, 6) is 0.368. The molecule has 6 rings (SSSR count). The normalized spacial score (nSPS) is 14.9. The van der Waals surface area contributed by atoms with Gasteiger partial charge in [-0.15, -0.1) is 0 Å². The number of pyridine rings is 2. The minimum atomic E-state index is -0.940. The first kappa shape index (κ1) is 23.2. The summed E-state index contributed by atoms with van der Waals surface area (Å²) in [4.78, 5) is 24.7. The van der Waals surface area contributed by atoms with Crippen LogP contribution in [0, 0.1) is 19.8 Å². The fourth-order valence-corrected chi connectivity index (χ4v) is 5.97. The minimum Gasteiger partial charge on any atom is -0.478 e. The zero-order valence-electron chi connectivity index (χ0n) is 20.9. The van der Waals surface area contributed by atoms with Gasteiger partial charge in [-0.25, -0.2) is 4.79 Å². The number of H-pyrrole nitrogens is 1. The summed E-state index contributed by atoms with van der Waals surface area (Å²) in [6.45, 7) is 3.91. The number of hydrogen-bond acceptors (Lipinski definition) is 5. The maximum absolute atomic E-state index is 11.4. The Morgan fingerprint density at radius 2 is 1.84 bits per heavy atom. The summed E-state index contributed by atoms with van der Waals surface area (Å²) >= 11 is 0. The summed E-state index contributed by atoms with van der Waals surface area (Å²) < 4.78 is 5.58. The Bertz CT molecular complexity index is 1560. The monoisotopic (exact) mass is 492 g/mol. The maximum atomic E-state index is 11.4. The molecule has 0 spiro atoms. The van der Waals surface area contributed by atoms with Gasteiger partial charge in [-0.1, -0.05) is 36.2 Å². The molecule has 1 fully saturated rings. The van der Waals surface area contributed by atoms with E-state index in [0.717, 1.165) is 63.3 Å². The van der Waals surface area contributed by atoms with Crippen LogP contribution in [0.3, 0.4) is 0 Å². The number of nitrogens with zero attached hydrogens (tertiary/aromatic N) is 3. The van der Waals surface area contributed by atoms with Gasteiger partial charge in [-0.05, 0) is 68.0 Å². The predicted octanol–water partition coefficient (Wildman–Crippen LogP) is 6.92. The third-order valence-corrected chi connectivity index (χ3v) is 7.67. The fourth-order valence-electron chi connectivity index (χ4n) is 5.97. The van der Waals surface area contributed by atoms with E-state index in [0.29, 0.717) is 5.92 Å². The van der Waals surface area contributed by atoms with Crippen LogP contribution in [0.4, 0.5) is 0 Å². The topological polar surface area (TPSA) is 105 Å². The molecule has 0 unspecified atom stereocenters. The molecule has 0 bridgehead atoms. The number of nitrogens with one attached hydrogen (secondary N) is 1. The zero-order valence-corrected chi connectivity index (χ0v) is 20.9. The van der Waals surface area contributed by atoms with Crippen molar-refractivity contribution in [1.29, 1.82) is 0 Å². The Morgan fingerprint density at radius 3 is 2.49 bits per heavy atom. The summed E-state index contributed by atoms with van der Waals surface area (Å²) in [7, 11) is 0. The number of carboxylic acids is 1. The van der Waals surface area contributed by atoms with E-state index in [4.69, 9.17) is 14.5 Å². The minimum absolute atomic E-state index is 0.0822. The van der Waals surface area contributed by atoms with Crippen molar-refractivity contribution in [3.63, 3.8) is 0 Å². The standard InChI is InChI=1S/C30H28N4O3/c1-17-25(18(2)37-34-17)23-16-32-28-22(19-10-12-21(13-11-19)30(35)36)15-33-29(28)27(23)26(20-7-3-4-8-20)24-9-5-6-14-31-24/h5-6,9-16,20,26,33H,3-4,7-8H2,1-2H3,(H,35,36)/t26-/m0/s1. The van der Waals surface area contributed by atoms with Gasteiger partial charge in [0.05, 0.1) is 22.3 Å². The number of aromatic carboxylic acids is 1. The lowest BCUT2D eigenvalue weighted by atomic mass is 9.78. The van der Waals surface area contributed by atoms with Crippen LogP contribution in [0.25, 0.3) is 33.3 Å². The second-order valence-corrected chi connectivity index (χ2v) is 9.87. The SMILES string of the molecule is Cc1noc(C)c1-c1cnc2c(-c3ccc(C(=O)O)cc3)c[nH]c2c1[C@H](c1ccccn1)C1CCCC1. The Balaban J connectivity index is 1.62. The lowest BCUT2D eigenvalue weighted by Gasteiger charge is -2.26. The van der Waals surface area contributed by atoms with Crippen molar-refractivity contribution in [3.8, 4) is 22.3 Å². The quantitative estimate of drug-likeness (QED) is 0.267. The second-order valence-electron chi connectivity index (χ2n) is 9.87. The van der Waals surface area contributed by atoms with Gasteiger partial charge in [0, 0.05) is 46.9 Å². The molecule has 1 atom stereocenters. The number of rotatable bonds is 6. The number of fused-ring (bicyclic) bond motifs is 1. The fraction of sp³-hybridized carbons (Fsp3) is 0.267. The highest BCUT2D eigenvalue weighted by atomic mass is 16.5. The van der Waals surface area contributed by atoms with Crippen molar-refractivity contribution < 1.29 is 14.4 Å². The van der Waals surface area contributed by atoms with Crippen LogP contribution in [0.1, 0.15) is 64.7 Å². The zero-order chi connectivity index (χ0) is 25.5. The molecule has 0 saturated heterocycles. The molecule has 0 amide bonds. The van der Waals surface area contributed by atoms with Crippen molar-refractivity contribution in [2.75, 3.05) is 0 Å². The molecule has 186 valence electrons. The molecule has 4 aromatic heterocycles. The number of carbonyl (C=O) groups is 1. The lowest BCUT2D eigenvalue weighted by molar-refractivity contribution is 0.0697. The van der Waals surface area contributed by atoms with Crippen molar-refractivity contribution in [2.24, 2.45) is 5.92 Å². The van der Waals surface area contributed by atoms with E-state index in [9.17, 15) is 9.90 Å². The van der Waals surface area contributed by atoms with Crippen molar-refractivity contribution in [2.45, 2.75) is 45.4 Å². The third-order valence-electron chi connectivity index (χ3n) is 7.67. The average Bonchev–Trinajstić information content (AvgIpc) is 3.66. The molecule has 5 aromatic rings. The molecular formula is C30H28N4O3. The van der Waals surface area contributed by atoms with Gasteiger partial charge in [0.25, 0.3) is 0 Å². The maximum Gasteiger partial charge on any atom is 0.335 e. The number of aryl methyl sites for hydroxylation is 2. The number of aromatic amines is 1. The Labute approximate surface area is 214 Å². The van der Waals surface area contributed by atoms with Gasteiger partial charge >= 0.3 is 5.97 Å². The molecule has 1 aliphatic rings. The largest absolute Gasteiger partial charge is 0.478 e. The van der Waals surface area contributed by atoms with E-state index in [1.54, 1.807) is 12.1 Å². The third kappa shape index (κ3) is 4.00. The predicted molar refractivity (Wildman–Crippen MR) is 141 cm³/mol. The van der Waals surface area contributed by atoms with Gasteiger partial charge in [0.1, 0.15) is 5.76 Å². The van der Waals surface area contributed by atoms with Gasteiger partial charge in [-0.2, -0.15) is 0 Å². The Morgan fingerprint density at radius 1 is 1.05 bits per heavy atom. The molecule has 37 heavy (non-hydrogen) atoms. The first-order valence-corrected chi connectivity index (χ1v) is 12.7. The highest BCUT2D eigenvalue weighted by molar-refractivity contribution is 5.98. The van der Waals surface area contributed by atoms with Crippen LogP contribution < -0.4 is 0 Å². The van der Waals surface area contributed by atoms with Crippen LogP contribution >= 0.6 is 0 Å². The molecule has 2 N–H and O–H groups in total. The highest BCUT2D eigenvalue weighted by Gasteiger charge is 2.34. The smallest absolute Gasteiger partial charge is 0.335 e. The van der Waals surface area contributed by atoms with Gasteiger partial charge in [0.2, 0.25) is 0 Å². The Hall–Kier alpha value is -4.26. The number of aromatic nitrogens is 4. The second kappa shape index (κ2) is 9.32. The van der Waals surface area contributed by atoms with E-state index >= 15 is 0 Å². The number of hydrogen-bond donors (Lipinski definition) is 2. The Kier molecular flexibility index (Phi) is 5.83. The summed E-state index contributed by atoms with van der Waals surface area (Å²) in [6.07, 6.45) is 10.5. The van der Waals surface area contributed by atoms with E-state index in [1.807, 2.05) is 50.6 Å². The highest BCUT2D eigenvalue weighted by Crippen LogP contribution is 2.47. The summed E-state index contributed by atoms with van der Waals surface area (Å²) in [6, 6.07) is 13.1. The number of benzene rings is 1. The van der Waals surface area contributed by atoms with Crippen molar-refractivity contribution in [3.05, 3.63) is 89.3 Å². The molecular weight excluding hydrogens is 464 g/mol. The molecule has 0 radical (unpaired) electrons. The van der Waals surface area contributed by atoms with E-state index in [1.165, 1.54) is 18.4 Å². The summed E-state index contributed by atoms with van der Waals surface area (Å²) in [5.41, 5.74) is 8.97. The molecule has 1 aromatic carbocycles. The van der Waals surface area contributed by atoms with Crippen LogP contribution in [0.2, 0.25) is 0 Å². The van der Waals surface area contributed by atoms with E-state index in [2.05, 4.69) is 22.3 Å². The van der Waals surface area contributed by atoms with Crippen molar-refractivity contribution in [1.82, 2.24) is 20.1 Å². The van der Waals surface area contributed by atoms with E-state index < -0.39 is 5.97 Å². The first-order chi connectivity index (χ1) is 18.0. The van der Waals surface area contributed by atoms with E-state index in [-0.39, 0.29) is 11.5 Å². The molecule has 4 heterocycles. The van der Waals surface area contributed by atoms with Gasteiger partial charge in [0.15, 0.2) is 0 Å². The molecule has 7 nitrogen and oxygen atoms in total. The van der Waals surface area contributed by atoms with Crippen LogP contribution in [0.15, 0.2) is 65.6 Å². The van der Waals surface area contributed by atoms with Crippen LogP contribution in [0.5, 0.6) is 0 Å².